The van der Waals surface area contributed by atoms with Gasteiger partial charge in [0.05, 0.1) is 11.5 Å². The Morgan fingerprint density at radius 1 is 1.36 bits per heavy atom. The lowest BCUT2D eigenvalue weighted by atomic mass is 9.64. The van der Waals surface area contributed by atoms with Gasteiger partial charge in [0.15, 0.2) is 0 Å². The lowest BCUT2D eigenvalue weighted by Gasteiger charge is -2.41. The van der Waals surface area contributed by atoms with Crippen molar-refractivity contribution in [3.8, 4) is 0 Å². The molecular weight excluding hydrogens is 200 g/mol. The van der Waals surface area contributed by atoms with Crippen molar-refractivity contribution in [2.24, 2.45) is 0 Å². The van der Waals surface area contributed by atoms with Gasteiger partial charge in [0.1, 0.15) is 6.29 Å². The van der Waals surface area contributed by atoms with Gasteiger partial charge in [-0.05, 0) is 30.5 Å². The summed E-state index contributed by atoms with van der Waals surface area (Å²) >= 11 is 5.76. The van der Waals surface area contributed by atoms with Crippen LogP contribution in [0.3, 0.4) is 0 Å². The Balaban J connectivity index is 2.29. The first-order chi connectivity index (χ1) is 6.66. The normalized spacial score (nSPS) is 30.9. The van der Waals surface area contributed by atoms with Gasteiger partial charge in [-0.3, -0.25) is 0 Å². The third kappa shape index (κ3) is 1.45. The summed E-state index contributed by atoms with van der Waals surface area (Å²) in [6.45, 7) is 0. The monoisotopic (exact) mass is 210 g/mol. The van der Waals surface area contributed by atoms with Crippen LogP contribution in [0.2, 0.25) is 5.02 Å². The van der Waals surface area contributed by atoms with E-state index in [1.54, 1.807) is 12.1 Å². The van der Waals surface area contributed by atoms with Crippen molar-refractivity contribution in [2.45, 2.75) is 24.4 Å². The van der Waals surface area contributed by atoms with Crippen LogP contribution < -0.4 is 0 Å². The van der Waals surface area contributed by atoms with Crippen molar-refractivity contribution < 1.29 is 9.90 Å². The first-order valence-corrected chi connectivity index (χ1v) is 4.94. The molecule has 1 saturated carbocycles. The van der Waals surface area contributed by atoms with Gasteiger partial charge < -0.3 is 9.90 Å². The Kier molecular flexibility index (Phi) is 2.33. The smallest absolute Gasteiger partial charge is 0.130 e. The molecule has 0 aliphatic heterocycles. The quantitative estimate of drug-likeness (QED) is 0.758. The fourth-order valence-corrected chi connectivity index (χ4v) is 2.09. The number of halogens is 1. The summed E-state index contributed by atoms with van der Waals surface area (Å²) in [7, 11) is 0. The zero-order valence-electron chi connectivity index (χ0n) is 7.61. The molecule has 1 aliphatic rings. The van der Waals surface area contributed by atoms with E-state index in [9.17, 15) is 9.90 Å². The predicted molar refractivity (Wildman–Crippen MR) is 54.4 cm³/mol. The molecule has 0 saturated heterocycles. The number of aliphatic hydroxyl groups excluding tert-OH is 1. The highest BCUT2D eigenvalue weighted by molar-refractivity contribution is 6.30. The van der Waals surface area contributed by atoms with Crippen LogP contribution in [-0.2, 0) is 10.2 Å². The number of aliphatic hydroxyl groups is 1. The molecule has 2 nitrogen and oxygen atoms in total. The standard InChI is InChI=1S/C11H11ClO2/c12-9-3-1-8(2-4-9)11(7-13)5-10(14)6-11/h1-4,7,10,14H,5-6H2. The second kappa shape index (κ2) is 3.37. The Morgan fingerprint density at radius 2 is 1.93 bits per heavy atom. The second-order valence-electron chi connectivity index (χ2n) is 3.84. The average molecular weight is 211 g/mol. The molecule has 0 spiro atoms. The summed E-state index contributed by atoms with van der Waals surface area (Å²) in [5.41, 5.74) is 0.478. The molecule has 3 heteroatoms. The van der Waals surface area contributed by atoms with E-state index < -0.39 is 5.41 Å². The average Bonchev–Trinajstić information content (AvgIpc) is 2.14. The van der Waals surface area contributed by atoms with E-state index in [4.69, 9.17) is 11.6 Å². The second-order valence-corrected chi connectivity index (χ2v) is 4.28. The summed E-state index contributed by atoms with van der Waals surface area (Å²) in [4.78, 5) is 11.0. The fourth-order valence-electron chi connectivity index (χ4n) is 1.96. The van der Waals surface area contributed by atoms with Gasteiger partial charge in [0.25, 0.3) is 0 Å². The molecule has 1 fully saturated rings. The van der Waals surface area contributed by atoms with Gasteiger partial charge in [0, 0.05) is 5.02 Å². The topological polar surface area (TPSA) is 37.3 Å². The van der Waals surface area contributed by atoms with Crippen molar-refractivity contribution in [3.05, 3.63) is 34.9 Å². The van der Waals surface area contributed by atoms with Crippen molar-refractivity contribution in [1.29, 1.82) is 0 Å². The summed E-state index contributed by atoms with van der Waals surface area (Å²) in [5.74, 6) is 0. The van der Waals surface area contributed by atoms with Crippen LogP contribution >= 0.6 is 11.6 Å². The molecule has 0 radical (unpaired) electrons. The van der Waals surface area contributed by atoms with Crippen LogP contribution in [0.25, 0.3) is 0 Å². The summed E-state index contributed by atoms with van der Waals surface area (Å²) in [5, 5.41) is 9.91. The summed E-state index contributed by atoms with van der Waals surface area (Å²) in [6.07, 6.45) is 1.65. The number of hydrogen-bond acceptors (Lipinski definition) is 2. The highest BCUT2D eigenvalue weighted by Gasteiger charge is 2.44. The Hall–Kier alpha value is -0.860. The number of carbonyl (C=O) groups excluding carboxylic acids is 1. The van der Waals surface area contributed by atoms with Crippen LogP contribution in [0.1, 0.15) is 18.4 Å². The molecule has 0 amide bonds. The minimum absolute atomic E-state index is 0.337. The van der Waals surface area contributed by atoms with E-state index in [0.717, 1.165) is 11.8 Å². The maximum absolute atomic E-state index is 11.0. The molecule has 0 bridgehead atoms. The minimum Gasteiger partial charge on any atom is -0.393 e. The largest absolute Gasteiger partial charge is 0.393 e. The van der Waals surface area contributed by atoms with Crippen molar-refractivity contribution in [2.75, 3.05) is 0 Å². The molecule has 14 heavy (non-hydrogen) atoms. The lowest BCUT2D eigenvalue weighted by Crippen LogP contribution is -2.45. The molecule has 1 N–H and O–H groups in total. The van der Waals surface area contributed by atoms with Crippen LogP contribution in [0.5, 0.6) is 0 Å². The molecule has 1 aliphatic carbocycles. The molecule has 1 aromatic rings. The molecule has 0 unspecified atom stereocenters. The van der Waals surface area contributed by atoms with Crippen LogP contribution in [0.15, 0.2) is 24.3 Å². The number of carbonyl (C=O) groups is 1. The molecule has 0 aromatic heterocycles. The molecular formula is C11H11ClO2. The first kappa shape index (κ1) is 9.69. The van der Waals surface area contributed by atoms with E-state index in [1.165, 1.54) is 0 Å². The molecule has 2 rings (SSSR count). The molecule has 0 atom stereocenters. The summed E-state index contributed by atoms with van der Waals surface area (Å²) < 4.78 is 0. The van der Waals surface area contributed by atoms with Gasteiger partial charge in [-0.25, -0.2) is 0 Å². The zero-order valence-corrected chi connectivity index (χ0v) is 8.37. The van der Waals surface area contributed by atoms with E-state index in [1.807, 2.05) is 12.1 Å². The summed E-state index contributed by atoms with van der Waals surface area (Å²) in [6, 6.07) is 7.24. The SMILES string of the molecule is O=CC1(c2ccc(Cl)cc2)CC(O)C1. The zero-order chi connectivity index (χ0) is 10.2. The Labute approximate surface area is 87.5 Å². The first-order valence-electron chi connectivity index (χ1n) is 4.57. The number of aldehydes is 1. The maximum atomic E-state index is 11.0. The van der Waals surface area contributed by atoms with Gasteiger partial charge in [-0.2, -0.15) is 0 Å². The number of hydrogen-bond donors (Lipinski definition) is 1. The van der Waals surface area contributed by atoms with Gasteiger partial charge in [-0.1, -0.05) is 23.7 Å². The van der Waals surface area contributed by atoms with E-state index in [2.05, 4.69) is 0 Å². The Morgan fingerprint density at radius 3 is 2.36 bits per heavy atom. The van der Waals surface area contributed by atoms with Crippen molar-refractivity contribution in [1.82, 2.24) is 0 Å². The van der Waals surface area contributed by atoms with E-state index in [0.29, 0.717) is 17.9 Å². The third-order valence-corrected chi connectivity index (χ3v) is 3.10. The minimum atomic E-state index is -0.468. The van der Waals surface area contributed by atoms with E-state index >= 15 is 0 Å². The van der Waals surface area contributed by atoms with Crippen molar-refractivity contribution in [3.63, 3.8) is 0 Å². The van der Waals surface area contributed by atoms with Gasteiger partial charge in [-0.15, -0.1) is 0 Å². The van der Waals surface area contributed by atoms with Crippen molar-refractivity contribution >= 4 is 17.9 Å². The third-order valence-electron chi connectivity index (χ3n) is 2.84. The van der Waals surface area contributed by atoms with E-state index in [-0.39, 0.29) is 6.10 Å². The molecule has 1 aromatic carbocycles. The highest BCUT2D eigenvalue weighted by Crippen LogP contribution is 2.42. The fraction of sp³-hybridized carbons (Fsp3) is 0.364. The van der Waals surface area contributed by atoms with Crippen LogP contribution in [0.4, 0.5) is 0 Å². The van der Waals surface area contributed by atoms with Crippen LogP contribution in [0, 0.1) is 0 Å². The van der Waals surface area contributed by atoms with Gasteiger partial charge in [0.2, 0.25) is 0 Å². The lowest BCUT2D eigenvalue weighted by molar-refractivity contribution is -0.120. The van der Waals surface area contributed by atoms with Crippen LogP contribution in [-0.4, -0.2) is 17.5 Å². The predicted octanol–water partition coefficient (Wildman–Crippen LogP) is 1.93. The Bertz CT molecular complexity index is 339. The maximum Gasteiger partial charge on any atom is 0.130 e. The number of rotatable bonds is 2. The van der Waals surface area contributed by atoms with Gasteiger partial charge >= 0.3 is 0 Å². The molecule has 0 heterocycles. The molecule has 74 valence electrons. The number of benzene rings is 1. The highest BCUT2D eigenvalue weighted by atomic mass is 35.5.